The van der Waals surface area contributed by atoms with E-state index >= 15 is 0 Å². The standard InChI is InChI=1S/C13H16FNO4/c1-8(2)19-7-12(16)15-11-5-4-9(14)6-10(11)13(17)18-3/h4-6,8H,7H2,1-3H3,(H,15,16). The van der Waals surface area contributed by atoms with Crippen LogP contribution in [0.1, 0.15) is 24.2 Å². The van der Waals surface area contributed by atoms with Gasteiger partial charge in [0.25, 0.3) is 0 Å². The van der Waals surface area contributed by atoms with E-state index in [0.717, 1.165) is 12.1 Å². The maximum atomic E-state index is 13.1. The second kappa shape index (κ2) is 6.84. The molecule has 1 amide bonds. The van der Waals surface area contributed by atoms with Gasteiger partial charge in [0.2, 0.25) is 5.91 Å². The molecule has 5 nitrogen and oxygen atoms in total. The first-order chi connectivity index (χ1) is 8.93. The van der Waals surface area contributed by atoms with E-state index in [9.17, 15) is 14.0 Å². The Bertz CT molecular complexity index is 474. The Morgan fingerprint density at radius 1 is 1.37 bits per heavy atom. The number of methoxy groups -OCH3 is 1. The van der Waals surface area contributed by atoms with Gasteiger partial charge >= 0.3 is 5.97 Å². The average molecular weight is 269 g/mol. The molecule has 0 saturated carbocycles. The van der Waals surface area contributed by atoms with Crippen LogP contribution in [0.5, 0.6) is 0 Å². The van der Waals surface area contributed by atoms with Crippen LogP contribution in [0, 0.1) is 5.82 Å². The Kier molecular flexibility index (Phi) is 5.44. The third kappa shape index (κ3) is 4.67. The maximum absolute atomic E-state index is 13.1. The molecular formula is C13H16FNO4. The number of rotatable bonds is 5. The zero-order chi connectivity index (χ0) is 14.4. The minimum absolute atomic E-state index is 0.0413. The highest BCUT2D eigenvalue weighted by Crippen LogP contribution is 2.18. The van der Waals surface area contributed by atoms with Gasteiger partial charge in [-0.25, -0.2) is 9.18 Å². The molecule has 1 aromatic carbocycles. The Balaban J connectivity index is 2.82. The Labute approximate surface area is 110 Å². The van der Waals surface area contributed by atoms with Crippen molar-refractivity contribution in [3.05, 3.63) is 29.6 Å². The fraction of sp³-hybridized carbons (Fsp3) is 0.385. The molecule has 0 radical (unpaired) electrons. The molecule has 1 N–H and O–H groups in total. The van der Waals surface area contributed by atoms with Crippen molar-refractivity contribution in [2.24, 2.45) is 0 Å². The van der Waals surface area contributed by atoms with E-state index < -0.39 is 17.7 Å². The van der Waals surface area contributed by atoms with Crippen LogP contribution >= 0.6 is 0 Å². The smallest absolute Gasteiger partial charge is 0.340 e. The first kappa shape index (κ1) is 15.1. The molecule has 0 aliphatic rings. The van der Waals surface area contributed by atoms with Crippen LogP contribution in [-0.2, 0) is 14.3 Å². The highest BCUT2D eigenvalue weighted by Gasteiger charge is 2.15. The van der Waals surface area contributed by atoms with Gasteiger partial charge in [-0.15, -0.1) is 0 Å². The number of ether oxygens (including phenoxy) is 2. The van der Waals surface area contributed by atoms with Crippen molar-refractivity contribution in [1.29, 1.82) is 0 Å². The summed E-state index contributed by atoms with van der Waals surface area (Å²) in [5.41, 5.74) is 0.144. The molecule has 6 heteroatoms. The van der Waals surface area contributed by atoms with Gasteiger partial charge in [0.05, 0.1) is 24.5 Å². The number of carbonyl (C=O) groups is 2. The summed E-state index contributed by atoms with van der Waals surface area (Å²) in [7, 11) is 1.18. The van der Waals surface area contributed by atoms with Crippen molar-refractivity contribution in [3.8, 4) is 0 Å². The van der Waals surface area contributed by atoms with Gasteiger partial charge in [0.15, 0.2) is 0 Å². The van der Waals surface area contributed by atoms with Crippen molar-refractivity contribution < 1.29 is 23.5 Å². The zero-order valence-electron chi connectivity index (χ0n) is 11.0. The molecular weight excluding hydrogens is 253 g/mol. The third-order valence-corrected chi connectivity index (χ3v) is 2.21. The molecule has 0 aliphatic carbocycles. The minimum Gasteiger partial charge on any atom is -0.465 e. The molecule has 1 aromatic rings. The van der Waals surface area contributed by atoms with E-state index in [1.165, 1.54) is 13.2 Å². The summed E-state index contributed by atoms with van der Waals surface area (Å²) < 4.78 is 22.7. The molecule has 0 saturated heterocycles. The predicted octanol–water partition coefficient (Wildman–Crippen LogP) is 1.98. The lowest BCUT2D eigenvalue weighted by Gasteiger charge is -2.11. The van der Waals surface area contributed by atoms with Crippen LogP contribution < -0.4 is 5.32 Å². The minimum atomic E-state index is -0.723. The Morgan fingerprint density at radius 2 is 2.05 bits per heavy atom. The second-order valence-corrected chi connectivity index (χ2v) is 4.09. The number of nitrogens with one attached hydrogen (secondary N) is 1. The molecule has 0 aliphatic heterocycles. The Morgan fingerprint density at radius 3 is 2.63 bits per heavy atom. The number of hydrogen-bond donors (Lipinski definition) is 1. The monoisotopic (exact) mass is 269 g/mol. The fourth-order valence-electron chi connectivity index (χ4n) is 1.33. The number of esters is 1. The van der Waals surface area contributed by atoms with E-state index in [-0.39, 0.29) is 24.0 Å². The zero-order valence-corrected chi connectivity index (χ0v) is 11.0. The molecule has 0 spiro atoms. The predicted molar refractivity (Wildman–Crippen MR) is 67.5 cm³/mol. The van der Waals surface area contributed by atoms with Crippen LogP contribution in [0.25, 0.3) is 0 Å². The summed E-state index contributed by atoms with van der Waals surface area (Å²) >= 11 is 0. The number of hydrogen-bond acceptors (Lipinski definition) is 4. The first-order valence-electron chi connectivity index (χ1n) is 5.73. The van der Waals surface area contributed by atoms with Gasteiger partial charge in [-0.3, -0.25) is 4.79 Å². The quantitative estimate of drug-likeness (QED) is 0.830. The van der Waals surface area contributed by atoms with E-state index in [1.807, 2.05) is 0 Å². The topological polar surface area (TPSA) is 64.6 Å². The van der Waals surface area contributed by atoms with Gasteiger partial charge in [0.1, 0.15) is 12.4 Å². The first-order valence-corrected chi connectivity index (χ1v) is 5.73. The summed E-state index contributed by atoms with van der Waals surface area (Å²) in [6.45, 7) is 3.45. The Hall–Kier alpha value is -1.95. The van der Waals surface area contributed by atoms with Gasteiger partial charge < -0.3 is 14.8 Å². The number of halogens is 1. The maximum Gasteiger partial charge on any atom is 0.340 e. The number of benzene rings is 1. The molecule has 104 valence electrons. The van der Waals surface area contributed by atoms with E-state index in [1.54, 1.807) is 13.8 Å². The highest BCUT2D eigenvalue weighted by atomic mass is 19.1. The van der Waals surface area contributed by atoms with Crippen LogP contribution in [0.2, 0.25) is 0 Å². The summed E-state index contributed by atoms with van der Waals surface area (Å²) in [6.07, 6.45) is -0.0842. The van der Waals surface area contributed by atoms with Crippen LogP contribution in [0.4, 0.5) is 10.1 Å². The number of amides is 1. The molecule has 0 bridgehead atoms. The normalized spacial score (nSPS) is 10.4. The van der Waals surface area contributed by atoms with Gasteiger partial charge in [-0.05, 0) is 32.0 Å². The molecule has 0 fully saturated rings. The average Bonchev–Trinajstić information content (AvgIpc) is 2.37. The van der Waals surface area contributed by atoms with Crippen molar-refractivity contribution in [2.75, 3.05) is 19.0 Å². The molecule has 19 heavy (non-hydrogen) atoms. The van der Waals surface area contributed by atoms with Crippen molar-refractivity contribution >= 4 is 17.6 Å². The lowest BCUT2D eigenvalue weighted by atomic mass is 10.1. The summed E-state index contributed by atoms with van der Waals surface area (Å²) in [4.78, 5) is 23.0. The van der Waals surface area contributed by atoms with Gasteiger partial charge in [0, 0.05) is 0 Å². The molecule has 0 unspecified atom stereocenters. The van der Waals surface area contributed by atoms with Crippen LogP contribution in [-0.4, -0.2) is 31.7 Å². The van der Waals surface area contributed by atoms with Crippen LogP contribution in [0.15, 0.2) is 18.2 Å². The van der Waals surface area contributed by atoms with Crippen LogP contribution in [0.3, 0.4) is 0 Å². The summed E-state index contributed by atoms with van der Waals surface area (Å²) in [5, 5.41) is 2.48. The highest BCUT2D eigenvalue weighted by molar-refractivity contribution is 6.01. The van der Waals surface area contributed by atoms with Gasteiger partial charge in [-0.2, -0.15) is 0 Å². The second-order valence-electron chi connectivity index (χ2n) is 4.09. The van der Waals surface area contributed by atoms with Crippen molar-refractivity contribution in [3.63, 3.8) is 0 Å². The lowest BCUT2D eigenvalue weighted by molar-refractivity contribution is -0.121. The summed E-state index contributed by atoms with van der Waals surface area (Å²) in [5.74, 6) is -1.73. The number of anilines is 1. The number of carbonyl (C=O) groups excluding carboxylic acids is 2. The molecule has 0 atom stereocenters. The molecule has 1 rings (SSSR count). The SMILES string of the molecule is COC(=O)c1cc(F)ccc1NC(=O)COC(C)C. The lowest BCUT2D eigenvalue weighted by Crippen LogP contribution is -2.22. The van der Waals surface area contributed by atoms with Crippen molar-refractivity contribution in [2.45, 2.75) is 20.0 Å². The van der Waals surface area contributed by atoms with Gasteiger partial charge in [-0.1, -0.05) is 0 Å². The summed E-state index contributed by atoms with van der Waals surface area (Å²) in [6, 6.07) is 3.45. The van der Waals surface area contributed by atoms with Crippen molar-refractivity contribution in [1.82, 2.24) is 0 Å². The third-order valence-electron chi connectivity index (χ3n) is 2.21. The van der Waals surface area contributed by atoms with E-state index in [2.05, 4.69) is 10.1 Å². The molecule has 0 heterocycles. The largest absolute Gasteiger partial charge is 0.465 e. The van der Waals surface area contributed by atoms with E-state index in [4.69, 9.17) is 4.74 Å². The molecule has 0 aromatic heterocycles. The van der Waals surface area contributed by atoms with E-state index in [0.29, 0.717) is 0 Å². The fourth-order valence-corrected chi connectivity index (χ4v) is 1.33.